The maximum Gasteiger partial charge on any atom is 0.408 e. The van der Waals surface area contributed by atoms with Crippen molar-refractivity contribution in [3.05, 3.63) is 90.5 Å². The zero-order valence-corrected chi connectivity index (χ0v) is 24.7. The van der Waals surface area contributed by atoms with Crippen molar-refractivity contribution in [3.63, 3.8) is 0 Å². The Labute approximate surface area is 241 Å². The minimum absolute atomic E-state index is 0.106. The molecule has 2 N–H and O–H groups in total. The smallest absolute Gasteiger partial charge is 0.408 e. The van der Waals surface area contributed by atoms with E-state index in [9.17, 15) is 14.4 Å². The lowest BCUT2D eigenvalue weighted by Crippen LogP contribution is -2.52. The quantitative estimate of drug-likeness (QED) is 0.261. The number of carbonyl (C=O) groups excluding carboxylic acids is 3. The van der Waals surface area contributed by atoms with Crippen LogP contribution in [0.4, 0.5) is 10.5 Å². The van der Waals surface area contributed by atoms with Crippen LogP contribution in [-0.2, 0) is 14.3 Å². The molecule has 40 heavy (non-hydrogen) atoms. The van der Waals surface area contributed by atoms with E-state index in [2.05, 4.69) is 17.2 Å². The number of aryl methyl sites for hydroxylation is 1. The third kappa shape index (κ3) is 8.36. The van der Waals surface area contributed by atoms with Crippen molar-refractivity contribution < 1.29 is 19.1 Å². The summed E-state index contributed by atoms with van der Waals surface area (Å²) in [5.41, 5.74) is 1.46. The van der Waals surface area contributed by atoms with Crippen LogP contribution in [0.3, 0.4) is 0 Å². The maximum atomic E-state index is 14.1. The molecular weight excluding hydrogens is 522 g/mol. The Hall–Kier alpha value is -3.78. The minimum Gasteiger partial charge on any atom is -0.444 e. The number of nitrogens with one attached hydrogen (secondary N) is 2. The zero-order valence-electron chi connectivity index (χ0n) is 23.9. The summed E-state index contributed by atoms with van der Waals surface area (Å²) in [5, 5.41) is 7.82. The number of alkyl carbamates (subject to hydrolysis) is 1. The molecule has 7 nitrogen and oxygen atoms in total. The summed E-state index contributed by atoms with van der Waals surface area (Å²) < 4.78 is 5.44. The molecule has 3 rings (SSSR count). The predicted octanol–water partition coefficient (Wildman–Crippen LogP) is 6.49. The minimum atomic E-state index is -0.963. The first-order valence-electron chi connectivity index (χ1n) is 13.3. The fourth-order valence-corrected chi connectivity index (χ4v) is 4.90. The Morgan fingerprint density at radius 2 is 1.70 bits per heavy atom. The summed E-state index contributed by atoms with van der Waals surface area (Å²) in [6.45, 7) is 11.2. The zero-order chi connectivity index (χ0) is 29.3. The predicted molar refractivity (Wildman–Crippen MR) is 165 cm³/mol. The van der Waals surface area contributed by atoms with Gasteiger partial charge in [-0.05, 0) is 80.2 Å². The fourth-order valence-electron chi connectivity index (χ4n) is 4.43. The molecule has 0 spiro atoms. The molecule has 0 radical (unpaired) electrons. The lowest BCUT2D eigenvalue weighted by Gasteiger charge is -2.34. The van der Waals surface area contributed by atoms with Crippen LogP contribution in [0, 0.1) is 6.92 Å². The van der Waals surface area contributed by atoms with Crippen LogP contribution in [0.5, 0.6) is 0 Å². The first-order valence-corrected chi connectivity index (χ1v) is 14.7. The number of hydrogen-bond donors (Lipinski definition) is 2. The number of rotatable bonds is 11. The average Bonchev–Trinajstić information content (AvgIpc) is 2.90. The Bertz CT molecular complexity index is 1350. The van der Waals surface area contributed by atoms with Crippen LogP contribution in [0.1, 0.15) is 44.4 Å². The van der Waals surface area contributed by atoms with Crippen LogP contribution in [-0.4, -0.2) is 53.0 Å². The van der Waals surface area contributed by atoms with Crippen LogP contribution in [0.2, 0.25) is 0 Å². The van der Waals surface area contributed by atoms with Gasteiger partial charge in [0.15, 0.2) is 0 Å². The molecule has 3 aromatic carbocycles. The number of fused-ring (bicyclic) bond motifs is 1. The van der Waals surface area contributed by atoms with Gasteiger partial charge in [0, 0.05) is 12.2 Å². The van der Waals surface area contributed by atoms with Crippen molar-refractivity contribution in [1.29, 1.82) is 0 Å². The molecular formula is C32H39N3O4S. The highest BCUT2D eigenvalue weighted by Crippen LogP contribution is 2.28. The number of amides is 3. The summed E-state index contributed by atoms with van der Waals surface area (Å²) in [6.07, 6.45) is 3.22. The molecule has 0 aliphatic heterocycles. The van der Waals surface area contributed by atoms with E-state index < -0.39 is 23.8 Å². The summed E-state index contributed by atoms with van der Waals surface area (Å²) >= 11 is 1.57. The average molecular weight is 562 g/mol. The van der Waals surface area contributed by atoms with E-state index in [-0.39, 0.29) is 18.4 Å². The largest absolute Gasteiger partial charge is 0.444 e. The number of anilines is 1. The second kappa shape index (κ2) is 14.0. The van der Waals surface area contributed by atoms with Crippen molar-refractivity contribution in [2.24, 2.45) is 0 Å². The number of nitrogens with zero attached hydrogens (tertiary/aromatic N) is 1. The molecule has 0 aliphatic carbocycles. The summed E-state index contributed by atoms with van der Waals surface area (Å²) in [6, 6.07) is 19.3. The van der Waals surface area contributed by atoms with Gasteiger partial charge < -0.3 is 20.3 Å². The van der Waals surface area contributed by atoms with Crippen LogP contribution < -0.4 is 10.6 Å². The number of thioether (sulfide) groups is 1. The topological polar surface area (TPSA) is 87.7 Å². The summed E-state index contributed by atoms with van der Waals surface area (Å²) in [5.74, 6) is -0.116. The van der Waals surface area contributed by atoms with Gasteiger partial charge in [-0.1, -0.05) is 60.7 Å². The van der Waals surface area contributed by atoms with Gasteiger partial charge in [0.25, 0.3) is 5.91 Å². The highest BCUT2D eigenvalue weighted by molar-refractivity contribution is 7.98. The van der Waals surface area contributed by atoms with Gasteiger partial charge in [-0.3, -0.25) is 9.59 Å². The van der Waals surface area contributed by atoms with E-state index in [1.54, 1.807) is 38.6 Å². The fraction of sp³-hybridized carbons (Fsp3) is 0.344. The SMILES string of the molecule is C=CCN(C(=O)C(CCSC)NC(=O)OC(C)(C)C)C(C(=O)Nc1ccc2ccccc2c1)c1ccccc1C. The Morgan fingerprint density at radius 3 is 2.35 bits per heavy atom. The van der Waals surface area contributed by atoms with Gasteiger partial charge >= 0.3 is 6.09 Å². The van der Waals surface area contributed by atoms with Gasteiger partial charge in [-0.15, -0.1) is 6.58 Å². The molecule has 0 saturated heterocycles. The molecule has 3 amide bonds. The molecule has 3 aromatic rings. The molecule has 0 aromatic heterocycles. The third-order valence-corrected chi connectivity index (χ3v) is 6.91. The highest BCUT2D eigenvalue weighted by atomic mass is 32.2. The molecule has 8 heteroatoms. The molecule has 0 aliphatic rings. The lowest BCUT2D eigenvalue weighted by molar-refractivity contribution is -0.140. The van der Waals surface area contributed by atoms with Crippen molar-refractivity contribution in [2.75, 3.05) is 23.9 Å². The van der Waals surface area contributed by atoms with Gasteiger partial charge in [-0.25, -0.2) is 4.79 Å². The highest BCUT2D eigenvalue weighted by Gasteiger charge is 2.36. The standard InChI is InChI=1S/C32H39N3O4S/c1-7-19-35(30(37)27(18-20-40-6)34-31(38)39-32(3,4)5)28(26-15-11-8-12-22(26)2)29(36)33-25-17-16-23-13-9-10-14-24(23)21-25/h7-17,21,27-28H,1,18-20H2,2-6H3,(H,33,36)(H,34,38). The van der Waals surface area contributed by atoms with Crippen LogP contribution in [0.15, 0.2) is 79.4 Å². The van der Waals surface area contributed by atoms with Gasteiger partial charge in [-0.2, -0.15) is 11.8 Å². The van der Waals surface area contributed by atoms with E-state index >= 15 is 0 Å². The first-order chi connectivity index (χ1) is 19.0. The third-order valence-electron chi connectivity index (χ3n) is 6.27. The number of hydrogen-bond acceptors (Lipinski definition) is 5. The van der Waals surface area contributed by atoms with Crippen LogP contribution in [0.25, 0.3) is 10.8 Å². The molecule has 0 saturated carbocycles. The van der Waals surface area contributed by atoms with Gasteiger partial charge in [0.05, 0.1) is 0 Å². The lowest BCUT2D eigenvalue weighted by atomic mass is 9.97. The second-order valence-electron chi connectivity index (χ2n) is 10.6. The first kappa shape index (κ1) is 30.8. The number of ether oxygens (including phenoxy) is 1. The Balaban J connectivity index is 2.00. The number of benzene rings is 3. The van der Waals surface area contributed by atoms with Gasteiger partial charge in [0.2, 0.25) is 5.91 Å². The Morgan fingerprint density at radius 1 is 1.02 bits per heavy atom. The monoisotopic (exact) mass is 561 g/mol. The van der Waals surface area contributed by atoms with Crippen molar-refractivity contribution in [1.82, 2.24) is 10.2 Å². The van der Waals surface area contributed by atoms with Crippen LogP contribution >= 0.6 is 11.8 Å². The summed E-state index contributed by atoms with van der Waals surface area (Å²) in [4.78, 5) is 42.3. The van der Waals surface area contributed by atoms with E-state index in [1.165, 1.54) is 4.90 Å². The van der Waals surface area contributed by atoms with Gasteiger partial charge in [0.1, 0.15) is 17.7 Å². The molecule has 2 atom stereocenters. The van der Waals surface area contributed by atoms with Crippen molar-refractivity contribution >= 4 is 46.1 Å². The Kier molecular flexibility index (Phi) is 10.8. The molecule has 212 valence electrons. The maximum absolute atomic E-state index is 14.1. The molecule has 0 fully saturated rings. The normalized spacial score (nSPS) is 12.7. The van der Waals surface area contributed by atoms with E-state index in [4.69, 9.17) is 4.74 Å². The van der Waals surface area contributed by atoms with E-state index in [0.717, 1.165) is 16.3 Å². The number of carbonyl (C=O) groups is 3. The molecule has 0 bridgehead atoms. The summed E-state index contributed by atoms with van der Waals surface area (Å²) in [7, 11) is 0. The molecule has 2 unspecified atom stereocenters. The van der Waals surface area contributed by atoms with Crippen molar-refractivity contribution in [2.45, 2.75) is 51.8 Å². The van der Waals surface area contributed by atoms with Crippen molar-refractivity contribution in [3.8, 4) is 0 Å². The molecule has 0 heterocycles. The van der Waals surface area contributed by atoms with E-state index in [0.29, 0.717) is 23.4 Å². The van der Waals surface area contributed by atoms with E-state index in [1.807, 2.05) is 79.9 Å². The second-order valence-corrected chi connectivity index (χ2v) is 11.6.